The highest BCUT2D eigenvalue weighted by molar-refractivity contribution is 5.92. The van der Waals surface area contributed by atoms with Crippen molar-refractivity contribution in [2.75, 3.05) is 0 Å². The average molecular weight is 125 g/mol. The van der Waals surface area contributed by atoms with Crippen LogP contribution in [-0.4, -0.2) is 23.3 Å². The minimum atomic E-state index is -0.255. The van der Waals surface area contributed by atoms with Crippen LogP contribution in [0.4, 0.5) is 0 Å². The standard InChI is InChI=1S/C5H7N3O/c6-5(8-9)4-2-1-3-7-4/h1-4,9H,(H2,6,8)/t4-/m1/s1. The van der Waals surface area contributed by atoms with E-state index >= 15 is 0 Å². The highest BCUT2D eigenvalue weighted by Crippen LogP contribution is 1.97. The maximum absolute atomic E-state index is 8.15. The second-order valence-electron chi connectivity index (χ2n) is 1.65. The number of hydrogen-bond acceptors (Lipinski definition) is 3. The van der Waals surface area contributed by atoms with Gasteiger partial charge in [0.1, 0.15) is 6.04 Å². The van der Waals surface area contributed by atoms with Gasteiger partial charge in [0.25, 0.3) is 0 Å². The van der Waals surface area contributed by atoms with Crippen LogP contribution in [-0.2, 0) is 0 Å². The highest BCUT2D eigenvalue weighted by atomic mass is 16.4. The van der Waals surface area contributed by atoms with E-state index in [1.165, 1.54) is 0 Å². The first-order valence-electron chi connectivity index (χ1n) is 2.52. The molecule has 0 saturated heterocycles. The normalized spacial score (nSPS) is 25.3. The Labute approximate surface area is 52.4 Å². The lowest BCUT2D eigenvalue weighted by Crippen LogP contribution is -2.24. The van der Waals surface area contributed by atoms with Gasteiger partial charge in [-0.2, -0.15) is 0 Å². The first-order valence-corrected chi connectivity index (χ1v) is 2.52. The molecule has 0 unspecified atom stereocenters. The van der Waals surface area contributed by atoms with E-state index in [9.17, 15) is 0 Å². The Morgan fingerprint density at radius 2 is 2.56 bits per heavy atom. The molecule has 0 bridgehead atoms. The predicted molar refractivity (Wildman–Crippen MR) is 34.8 cm³/mol. The Hall–Kier alpha value is -1.32. The number of oxime groups is 1. The summed E-state index contributed by atoms with van der Waals surface area (Å²) in [5.74, 6) is 0.125. The second kappa shape index (κ2) is 2.30. The van der Waals surface area contributed by atoms with Gasteiger partial charge in [-0.1, -0.05) is 11.2 Å². The Bertz CT molecular complexity index is 171. The summed E-state index contributed by atoms with van der Waals surface area (Å²) in [6, 6.07) is -0.255. The molecule has 1 rings (SSSR count). The molecule has 0 amide bonds. The molecule has 1 atom stereocenters. The van der Waals surface area contributed by atoms with Gasteiger partial charge in [-0.25, -0.2) is 0 Å². The number of allylic oxidation sites excluding steroid dienone is 1. The maximum Gasteiger partial charge on any atom is 0.167 e. The number of hydrogen-bond donors (Lipinski definition) is 2. The van der Waals surface area contributed by atoms with Crippen LogP contribution < -0.4 is 5.73 Å². The minimum absolute atomic E-state index is 0.125. The smallest absolute Gasteiger partial charge is 0.167 e. The molecule has 4 heteroatoms. The van der Waals surface area contributed by atoms with Crippen molar-refractivity contribution >= 4 is 12.1 Å². The average Bonchev–Trinajstić information content (AvgIpc) is 2.37. The summed E-state index contributed by atoms with van der Waals surface area (Å²) >= 11 is 0. The van der Waals surface area contributed by atoms with E-state index in [1.54, 1.807) is 18.4 Å². The fourth-order valence-electron chi connectivity index (χ4n) is 0.581. The number of amidine groups is 1. The van der Waals surface area contributed by atoms with Gasteiger partial charge in [0.05, 0.1) is 0 Å². The number of nitrogens with two attached hydrogens (primary N) is 1. The van der Waals surface area contributed by atoms with Crippen molar-refractivity contribution < 1.29 is 5.21 Å². The van der Waals surface area contributed by atoms with E-state index in [0.29, 0.717) is 0 Å². The largest absolute Gasteiger partial charge is 0.409 e. The molecule has 0 radical (unpaired) electrons. The molecule has 4 nitrogen and oxygen atoms in total. The zero-order valence-electron chi connectivity index (χ0n) is 4.73. The Balaban J connectivity index is 2.64. The summed E-state index contributed by atoms with van der Waals surface area (Å²) in [4.78, 5) is 3.85. The zero-order chi connectivity index (χ0) is 6.69. The van der Waals surface area contributed by atoms with Crippen LogP contribution in [0.15, 0.2) is 22.3 Å². The van der Waals surface area contributed by atoms with Crippen LogP contribution in [0, 0.1) is 0 Å². The quantitative estimate of drug-likeness (QED) is 0.219. The predicted octanol–water partition coefficient (Wildman–Crippen LogP) is -0.258. The van der Waals surface area contributed by atoms with Crippen molar-refractivity contribution in [1.29, 1.82) is 0 Å². The lowest BCUT2D eigenvalue weighted by molar-refractivity contribution is 0.316. The number of rotatable bonds is 1. The molecule has 3 N–H and O–H groups in total. The van der Waals surface area contributed by atoms with E-state index in [-0.39, 0.29) is 11.9 Å². The molecule has 0 spiro atoms. The molecular formula is C5H7N3O. The van der Waals surface area contributed by atoms with E-state index in [4.69, 9.17) is 10.9 Å². The first kappa shape index (κ1) is 5.81. The molecule has 0 aromatic carbocycles. The molecule has 1 aliphatic heterocycles. The van der Waals surface area contributed by atoms with Crippen molar-refractivity contribution in [3.63, 3.8) is 0 Å². The third-order valence-electron chi connectivity index (χ3n) is 1.04. The van der Waals surface area contributed by atoms with E-state index in [0.717, 1.165) is 0 Å². The van der Waals surface area contributed by atoms with Gasteiger partial charge in [0, 0.05) is 6.21 Å². The fraction of sp³-hybridized carbons (Fsp3) is 0.200. The summed E-state index contributed by atoms with van der Waals surface area (Å²) in [5, 5.41) is 11.0. The van der Waals surface area contributed by atoms with E-state index in [2.05, 4.69) is 10.1 Å². The molecule has 1 heterocycles. The maximum atomic E-state index is 8.15. The summed E-state index contributed by atoms with van der Waals surface area (Å²) in [7, 11) is 0. The van der Waals surface area contributed by atoms with Gasteiger partial charge in [-0.15, -0.1) is 0 Å². The zero-order valence-corrected chi connectivity index (χ0v) is 4.73. The van der Waals surface area contributed by atoms with Gasteiger partial charge in [0.2, 0.25) is 0 Å². The van der Waals surface area contributed by atoms with E-state index < -0.39 is 0 Å². The summed E-state index contributed by atoms with van der Waals surface area (Å²) in [6.07, 6.45) is 5.11. The lowest BCUT2D eigenvalue weighted by Gasteiger charge is -1.98. The summed E-state index contributed by atoms with van der Waals surface area (Å²) in [6.45, 7) is 0. The third-order valence-corrected chi connectivity index (χ3v) is 1.04. The van der Waals surface area contributed by atoms with Crippen LogP contribution in [0.2, 0.25) is 0 Å². The van der Waals surface area contributed by atoms with Crippen molar-refractivity contribution in [3.05, 3.63) is 12.2 Å². The molecule has 1 aliphatic rings. The molecule has 0 fully saturated rings. The third kappa shape index (κ3) is 1.07. The fourth-order valence-corrected chi connectivity index (χ4v) is 0.581. The molecule has 48 valence electrons. The van der Waals surface area contributed by atoms with Gasteiger partial charge in [0.15, 0.2) is 5.84 Å². The Morgan fingerprint density at radius 3 is 3.00 bits per heavy atom. The highest BCUT2D eigenvalue weighted by Gasteiger charge is 2.08. The van der Waals surface area contributed by atoms with Crippen molar-refractivity contribution in [1.82, 2.24) is 0 Å². The molecule has 0 saturated carbocycles. The molecule has 9 heavy (non-hydrogen) atoms. The lowest BCUT2D eigenvalue weighted by atomic mass is 10.3. The molecular weight excluding hydrogens is 118 g/mol. The first-order chi connectivity index (χ1) is 4.34. The summed E-state index contributed by atoms with van der Waals surface area (Å²) < 4.78 is 0. The molecule has 0 aromatic rings. The topological polar surface area (TPSA) is 71.0 Å². The Kier molecular flexibility index (Phi) is 1.48. The van der Waals surface area contributed by atoms with Gasteiger partial charge in [-0.3, -0.25) is 4.99 Å². The number of aliphatic imine (C=N–C) groups is 1. The molecule has 0 aromatic heterocycles. The Morgan fingerprint density at radius 1 is 1.78 bits per heavy atom. The monoisotopic (exact) mass is 125 g/mol. The summed E-state index contributed by atoms with van der Waals surface area (Å²) in [5.41, 5.74) is 5.21. The second-order valence-corrected chi connectivity index (χ2v) is 1.65. The van der Waals surface area contributed by atoms with E-state index in [1.807, 2.05) is 0 Å². The number of nitrogens with zero attached hydrogens (tertiary/aromatic N) is 2. The van der Waals surface area contributed by atoms with Gasteiger partial charge < -0.3 is 10.9 Å². The van der Waals surface area contributed by atoms with Crippen molar-refractivity contribution in [3.8, 4) is 0 Å². The SMILES string of the molecule is NC(=NO)[C@H]1C=CC=N1. The minimum Gasteiger partial charge on any atom is -0.409 e. The van der Waals surface area contributed by atoms with Crippen LogP contribution in [0.1, 0.15) is 0 Å². The van der Waals surface area contributed by atoms with Crippen molar-refractivity contribution in [2.45, 2.75) is 6.04 Å². The van der Waals surface area contributed by atoms with Gasteiger partial charge >= 0.3 is 0 Å². The van der Waals surface area contributed by atoms with Crippen LogP contribution in [0.3, 0.4) is 0 Å². The van der Waals surface area contributed by atoms with Crippen LogP contribution in [0.5, 0.6) is 0 Å². The van der Waals surface area contributed by atoms with Crippen LogP contribution >= 0.6 is 0 Å². The van der Waals surface area contributed by atoms with Crippen molar-refractivity contribution in [2.24, 2.45) is 15.9 Å². The van der Waals surface area contributed by atoms with Gasteiger partial charge in [-0.05, 0) is 6.08 Å². The molecule has 0 aliphatic carbocycles. The van der Waals surface area contributed by atoms with Crippen LogP contribution in [0.25, 0.3) is 0 Å².